The Morgan fingerprint density at radius 1 is 1.00 bits per heavy atom. The molecule has 6 heteroatoms. The van der Waals surface area contributed by atoms with Gasteiger partial charge in [-0.15, -0.1) is 11.8 Å². The molecule has 2 amide bonds. The molecule has 0 aromatic heterocycles. The third kappa shape index (κ3) is 4.79. The lowest BCUT2D eigenvalue weighted by molar-refractivity contribution is -0.121. The number of rotatable bonds is 4. The van der Waals surface area contributed by atoms with Crippen molar-refractivity contribution in [1.29, 1.82) is 0 Å². The summed E-state index contributed by atoms with van der Waals surface area (Å²) >= 11 is 7.20. The molecule has 0 fully saturated rings. The van der Waals surface area contributed by atoms with Crippen LogP contribution >= 0.6 is 23.4 Å². The van der Waals surface area contributed by atoms with E-state index in [1.54, 1.807) is 43.3 Å². The number of amides is 2. The maximum Gasteiger partial charge on any atom is 0.269 e. The van der Waals surface area contributed by atoms with E-state index in [0.29, 0.717) is 10.6 Å². The van der Waals surface area contributed by atoms with Gasteiger partial charge < -0.3 is 0 Å². The highest BCUT2D eigenvalue weighted by Crippen LogP contribution is 2.24. The molecule has 0 saturated heterocycles. The number of hydrogen-bond donors (Lipinski definition) is 2. The Balaban J connectivity index is 1.84. The molecule has 114 valence electrons. The van der Waals surface area contributed by atoms with Crippen molar-refractivity contribution in [2.45, 2.75) is 17.1 Å². The quantitative estimate of drug-likeness (QED) is 0.666. The maximum atomic E-state index is 12.0. The molecule has 0 heterocycles. The standard InChI is InChI=1S/C16H15ClN2O2S/c1-11(22-14-9-7-13(17)8-10-14)15(20)18-19-16(21)12-5-3-2-4-6-12/h2-11H,1H3,(H,18,20)(H,19,21). The van der Waals surface area contributed by atoms with Gasteiger partial charge in [-0.05, 0) is 43.3 Å². The predicted molar refractivity (Wildman–Crippen MR) is 88.8 cm³/mol. The van der Waals surface area contributed by atoms with E-state index in [0.717, 1.165) is 4.90 Å². The van der Waals surface area contributed by atoms with E-state index in [2.05, 4.69) is 10.9 Å². The number of thioether (sulfide) groups is 1. The van der Waals surface area contributed by atoms with Gasteiger partial charge in [-0.3, -0.25) is 20.4 Å². The topological polar surface area (TPSA) is 58.2 Å². The zero-order valence-electron chi connectivity index (χ0n) is 11.9. The second kappa shape index (κ2) is 7.87. The van der Waals surface area contributed by atoms with Crippen LogP contribution in [0.25, 0.3) is 0 Å². The molecule has 2 aromatic rings. The number of hydrogen-bond acceptors (Lipinski definition) is 3. The monoisotopic (exact) mass is 334 g/mol. The number of halogens is 1. The minimum Gasteiger partial charge on any atom is -0.272 e. The third-order valence-corrected chi connectivity index (χ3v) is 4.19. The number of nitrogens with one attached hydrogen (secondary N) is 2. The lowest BCUT2D eigenvalue weighted by Crippen LogP contribution is -2.44. The van der Waals surface area contributed by atoms with Crippen LogP contribution in [-0.4, -0.2) is 17.1 Å². The van der Waals surface area contributed by atoms with Crippen molar-refractivity contribution in [3.05, 3.63) is 65.2 Å². The largest absolute Gasteiger partial charge is 0.272 e. The molecule has 4 nitrogen and oxygen atoms in total. The molecule has 0 radical (unpaired) electrons. The Morgan fingerprint density at radius 3 is 2.27 bits per heavy atom. The summed E-state index contributed by atoms with van der Waals surface area (Å²) < 4.78 is 0. The van der Waals surface area contributed by atoms with Gasteiger partial charge in [-0.1, -0.05) is 29.8 Å². The fourth-order valence-corrected chi connectivity index (χ4v) is 2.65. The summed E-state index contributed by atoms with van der Waals surface area (Å²) in [5, 5.41) is 0.300. The van der Waals surface area contributed by atoms with Gasteiger partial charge in [-0.2, -0.15) is 0 Å². The van der Waals surface area contributed by atoms with Gasteiger partial charge in [-0.25, -0.2) is 0 Å². The van der Waals surface area contributed by atoms with Crippen molar-refractivity contribution >= 4 is 35.2 Å². The van der Waals surface area contributed by atoms with E-state index < -0.39 is 0 Å². The van der Waals surface area contributed by atoms with Crippen molar-refractivity contribution in [3.8, 4) is 0 Å². The number of carbonyl (C=O) groups excluding carboxylic acids is 2. The van der Waals surface area contributed by atoms with E-state index in [1.165, 1.54) is 11.8 Å². The van der Waals surface area contributed by atoms with Crippen LogP contribution < -0.4 is 10.9 Å². The molecule has 2 N–H and O–H groups in total. The van der Waals surface area contributed by atoms with Crippen LogP contribution in [0, 0.1) is 0 Å². The van der Waals surface area contributed by atoms with Crippen LogP contribution in [0.2, 0.25) is 5.02 Å². The van der Waals surface area contributed by atoms with Gasteiger partial charge in [0, 0.05) is 15.5 Å². The summed E-state index contributed by atoms with van der Waals surface area (Å²) in [6.07, 6.45) is 0. The van der Waals surface area contributed by atoms with E-state index in [1.807, 2.05) is 18.2 Å². The Kier molecular flexibility index (Phi) is 5.86. The molecule has 0 aliphatic carbocycles. The second-order valence-corrected chi connectivity index (χ2v) is 6.37. The van der Waals surface area contributed by atoms with Crippen molar-refractivity contribution in [3.63, 3.8) is 0 Å². The van der Waals surface area contributed by atoms with Crippen molar-refractivity contribution < 1.29 is 9.59 Å². The number of hydrazine groups is 1. The Hall–Kier alpha value is -1.98. The first-order valence-electron chi connectivity index (χ1n) is 6.64. The van der Waals surface area contributed by atoms with Gasteiger partial charge >= 0.3 is 0 Å². The van der Waals surface area contributed by atoms with Crippen LogP contribution in [-0.2, 0) is 4.79 Å². The molecule has 0 saturated carbocycles. The van der Waals surface area contributed by atoms with E-state index in [9.17, 15) is 9.59 Å². The molecule has 1 unspecified atom stereocenters. The van der Waals surface area contributed by atoms with Gasteiger partial charge in [0.05, 0.1) is 5.25 Å². The molecule has 0 aliphatic rings. The first kappa shape index (κ1) is 16.4. The average molecular weight is 335 g/mol. The van der Waals surface area contributed by atoms with Crippen LogP contribution in [0.5, 0.6) is 0 Å². The van der Waals surface area contributed by atoms with E-state index >= 15 is 0 Å². The van der Waals surface area contributed by atoms with Crippen LogP contribution in [0.1, 0.15) is 17.3 Å². The molecule has 0 bridgehead atoms. The minimum atomic E-state index is -0.350. The van der Waals surface area contributed by atoms with Crippen molar-refractivity contribution in [1.82, 2.24) is 10.9 Å². The maximum absolute atomic E-state index is 12.0. The van der Waals surface area contributed by atoms with E-state index in [-0.39, 0.29) is 17.1 Å². The number of carbonyl (C=O) groups is 2. The van der Waals surface area contributed by atoms with Crippen LogP contribution in [0.15, 0.2) is 59.5 Å². The molecule has 2 rings (SSSR count). The summed E-state index contributed by atoms with van der Waals surface area (Å²) in [4.78, 5) is 24.7. The highest BCUT2D eigenvalue weighted by atomic mass is 35.5. The van der Waals surface area contributed by atoms with Gasteiger partial charge in [0.2, 0.25) is 0 Å². The molecule has 2 aromatic carbocycles. The molecule has 0 aliphatic heterocycles. The molecule has 0 spiro atoms. The third-order valence-electron chi connectivity index (χ3n) is 2.83. The fraction of sp³-hybridized carbons (Fsp3) is 0.125. The minimum absolute atomic E-state index is 0.274. The lowest BCUT2D eigenvalue weighted by Gasteiger charge is -2.12. The lowest BCUT2D eigenvalue weighted by atomic mass is 10.2. The van der Waals surface area contributed by atoms with Crippen LogP contribution in [0.3, 0.4) is 0 Å². The summed E-state index contributed by atoms with van der Waals surface area (Å²) in [7, 11) is 0. The Morgan fingerprint density at radius 2 is 1.64 bits per heavy atom. The summed E-state index contributed by atoms with van der Waals surface area (Å²) in [6, 6.07) is 15.9. The SMILES string of the molecule is CC(Sc1ccc(Cl)cc1)C(=O)NNC(=O)c1ccccc1. The zero-order valence-corrected chi connectivity index (χ0v) is 13.4. The number of benzene rings is 2. The smallest absolute Gasteiger partial charge is 0.269 e. The van der Waals surface area contributed by atoms with Gasteiger partial charge in [0.15, 0.2) is 0 Å². The average Bonchev–Trinajstić information content (AvgIpc) is 2.55. The van der Waals surface area contributed by atoms with Crippen molar-refractivity contribution in [2.75, 3.05) is 0 Å². The Labute approximate surface area is 138 Å². The fourth-order valence-electron chi connectivity index (χ4n) is 1.65. The van der Waals surface area contributed by atoms with Crippen LogP contribution in [0.4, 0.5) is 0 Å². The molecular weight excluding hydrogens is 320 g/mol. The first-order chi connectivity index (χ1) is 10.6. The first-order valence-corrected chi connectivity index (χ1v) is 7.89. The Bertz CT molecular complexity index is 647. The zero-order chi connectivity index (χ0) is 15.9. The second-order valence-electron chi connectivity index (χ2n) is 4.52. The summed E-state index contributed by atoms with van der Waals surface area (Å²) in [5.74, 6) is -0.623. The molecule has 1 atom stereocenters. The predicted octanol–water partition coefficient (Wildman–Crippen LogP) is 3.28. The molecular formula is C16H15ClN2O2S. The highest BCUT2D eigenvalue weighted by Gasteiger charge is 2.15. The summed E-state index contributed by atoms with van der Waals surface area (Å²) in [6.45, 7) is 1.77. The van der Waals surface area contributed by atoms with Crippen molar-refractivity contribution in [2.24, 2.45) is 0 Å². The van der Waals surface area contributed by atoms with Gasteiger partial charge in [0.1, 0.15) is 0 Å². The van der Waals surface area contributed by atoms with E-state index in [4.69, 9.17) is 11.6 Å². The van der Waals surface area contributed by atoms with Gasteiger partial charge in [0.25, 0.3) is 11.8 Å². The molecule has 22 heavy (non-hydrogen) atoms. The highest BCUT2D eigenvalue weighted by molar-refractivity contribution is 8.00. The normalized spacial score (nSPS) is 11.5. The summed E-state index contributed by atoms with van der Waals surface area (Å²) in [5.41, 5.74) is 5.32.